The Bertz CT molecular complexity index is 761. The van der Waals surface area contributed by atoms with Crippen LogP contribution in [0.25, 0.3) is 11.1 Å². The largest absolute Gasteiger partial charge is 0.448 e. The Morgan fingerprint density at radius 1 is 1.08 bits per heavy atom. The average Bonchev–Trinajstić information content (AvgIpc) is 2.99. The molecule has 26 heavy (non-hydrogen) atoms. The van der Waals surface area contributed by atoms with Gasteiger partial charge in [-0.05, 0) is 22.3 Å². The zero-order valence-electron chi connectivity index (χ0n) is 14.8. The Balaban J connectivity index is 1.49. The topological polar surface area (TPSA) is 59.0 Å². The molecule has 5 heteroatoms. The lowest BCUT2D eigenvalue weighted by atomic mass is 9.98. The number of hydrogen-bond donors (Lipinski definition) is 1. The SMILES string of the molecule is COC1CC(O)CN(C(=O)OCC2c3ccccc3-c3ccccc32)C1. The van der Waals surface area contributed by atoms with E-state index < -0.39 is 12.2 Å². The van der Waals surface area contributed by atoms with Crippen molar-refractivity contribution in [2.45, 2.75) is 24.5 Å². The lowest BCUT2D eigenvalue weighted by Gasteiger charge is -2.34. The molecule has 0 spiro atoms. The second-order valence-electron chi connectivity index (χ2n) is 6.96. The van der Waals surface area contributed by atoms with Gasteiger partial charge in [-0.25, -0.2) is 4.79 Å². The van der Waals surface area contributed by atoms with Gasteiger partial charge >= 0.3 is 6.09 Å². The van der Waals surface area contributed by atoms with Crippen molar-refractivity contribution in [2.24, 2.45) is 0 Å². The van der Waals surface area contributed by atoms with Gasteiger partial charge in [0.25, 0.3) is 0 Å². The highest BCUT2D eigenvalue weighted by Crippen LogP contribution is 2.44. The molecule has 2 aromatic rings. The smallest absolute Gasteiger partial charge is 0.409 e. The molecule has 1 heterocycles. The van der Waals surface area contributed by atoms with Gasteiger partial charge in [-0.1, -0.05) is 48.5 Å². The lowest BCUT2D eigenvalue weighted by molar-refractivity contribution is -0.0280. The number of benzene rings is 2. The first-order valence-electron chi connectivity index (χ1n) is 8.98. The minimum Gasteiger partial charge on any atom is -0.448 e. The van der Waals surface area contributed by atoms with Crippen molar-refractivity contribution in [3.05, 3.63) is 59.7 Å². The summed E-state index contributed by atoms with van der Waals surface area (Å²) >= 11 is 0. The molecule has 1 fully saturated rings. The minimum atomic E-state index is -0.575. The van der Waals surface area contributed by atoms with Gasteiger partial charge in [0.2, 0.25) is 0 Å². The predicted molar refractivity (Wildman–Crippen MR) is 98.1 cm³/mol. The van der Waals surface area contributed by atoms with E-state index in [-0.39, 0.29) is 25.2 Å². The molecule has 0 radical (unpaired) electrons. The van der Waals surface area contributed by atoms with Crippen LogP contribution in [0, 0.1) is 0 Å². The fraction of sp³-hybridized carbons (Fsp3) is 0.381. The van der Waals surface area contributed by atoms with Gasteiger partial charge in [-0.2, -0.15) is 0 Å². The summed E-state index contributed by atoms with van der Waals surface area (Å²) in [4.78, 5) is 14.1. The van der Waals surface area contributed by atoms with Gasteiger partial charge in [-0.3, -0.25) is 0 Å². The first-order valence-corrected chi connectivity index (χ1v) is 8.98. The van der Waals surface area contributed by atoms with Crippen LogP contribution in [0.3, 0.4) is 0 Å². The Labute approximate surface area is 153 Å². The van der Waals surface area contributed by atoms with Crippen molar-refractivity contribution in [2.75, 3.05) is 26.8 Å². The molecule has 0 aromatic heterocycles. The number of amides is 1. The van der Waals surface area contributed by atoms with Gasteiger partial charge in [-0.15, -0.1) is 0 Å². The average molecular weight is 353 g/mol. The molecule has 1 aliphatic heterocycles. The van der Waals surface area contributed by atoms with Crippen LogP contribution in [0.4, 0.5) is 4.79 Å². The molecule has 1 amide bonds. The van der Waals surface area contributed by atoms with E-state index in [1.54, 1.807) is 7.11 Å². The first-order chi connectivity index (χ1) is 12.7. The highest BCUT2D eigenvalue weighted by molar-refractivity contribution is 5.79. The molecule has 2 aliphatic rings. The van der Waals surface area contributed by atoms with E-state index in [1.165, 1.54) is 27.2 Å². The van der Waals surface area contributed by atoms with Crippen molar-refractivity contribution in [3.63, 3.8) is 0 Å². The molecule has 2 unspecified atom stereocenters. The Kier molecular flexibility index (Phi) is 4.66. The Morgan fingerprint density at radius 3 is 2.31 bits per heavy atom. The number of likely N-dealkylation sites (tertiary alicyclic amines) is 1. The minimum absolute atomic E-state index is 0.0410. The van der Waals surface area contributed by atoms with Gasteiger partial charge in [0.15, 0.2) is 0 Å². The third-order valence-electron chi connectivity index (χ3n) is 5.32. The number of aliphatic hydroxyl groups is 1. The zero-order valence-corrected chi connectivity index (χ0v) is 14.8. The highest BCUT2D eigenvalue weighted by atomic mass is 16.6. The molecule has 5 nitrogen and oxygen atoms in total. The highest BCUT2D eigenvalue weighted by Gasteiger charge is 2.32. The number of carbonyl (C=O) groups is 1. The third kappa shape index (κ3) is 3.08. The first kappa shape index (κ1) is 17.1. The van der Waals surface area contributed by atoms with Crippen LogP contribution in [0.1, 0.15) is 23.5 Å². The molecule has 136 valence electrons. The van der Waals surface area contributed by atoms with Crippen molar-refractivity contribution in [3.8, 4) is 11.1 Å². The second-order valence-corrected chi connectivity index (χ2v) is 6.96. The molecule has 0 bridgehead atoms. The van der Waals surface area contributed by atoms with E-state index in [2.05, 4.69) is 24.3 Å². The number of methoxy groups -OCH3 is 1. The van der Waals surface area contributed by atoms with Crippen molar-refractivity contribution in [1.29, 1.82) is 0 Å². The lowest BCUT2D eigenvalue weighted by Crippen LogP contribution is -2.49. The van der Waals surface area contributed by atoms with Crippen molar-refractivity contribution in [1.82, 2.24) is 4.90 Å². The summed E-state index contributed by atoms with van der Waals surface area (Å²) in [5.74, 6) is 0.0410. The summed E-state index contributed by atoms with van der Waals surface area (Å²) in [7, 11) is 1.60. The number of hydrogen-bond acceptors (Lipinski definition) is 4. The zero-order chi connectivity index (χ0) is 18.1. The van der Waals surface area contributed by atoms with Gasteiger partial charge in [0.05, 0.1) is 25.3 Å². The van der Waals surface area contributed by atoms with E-state index in [1.807, 2.05) is 24.3 Å². The van der Waals surface area contributed by atoms with Crippen LogP contribution < -0.4 is 0 Å². The predicted octanol–water partition coefficient (Wildman–Crippen LogP) is 3.02. The maximum Gasteiger partial charge on any atom is 0.409 e. The number of ether oxygens (including phenoxy) is 2. The molecule has 1 N–H and O–H groups in total. The third-order valence-corrected chi connectivity index (χ3v) is 5.32. The molecule has 1 aliphatic carbocycles. The Morgan fingerprint density at radius 2 is 1.69 bits per heavy atom. The van der Waals surface area contributed by atoms with Crippen LogP contribution in [0.15, 0.2) is 48.5 Å². The molecular formula is C21H23NO4. The molecular weight excluding hydrogens is 330 g/mol. The fourth-order valence-electron chi connectivity index (χ4n) is 4.03. The van der Waals surface area contributed by atoms with E-state index in [9.17, 15) is 9.90 Å². The van der Waals surface area contributed by atoms with Crippen LogP contribution in [-0.4, -0.2) is 55.1 Å². The summed E-state index contributed by atoms with van der Waals surface area (Å²) in [5.41, 5.74) is 4.79. The number of piperidine rings is 1. The molecule has 2 atom stereocenters. The summed E-state index contributed by atoms with van der Waals surface area (Å²) in [5, 5.41) is 9.94. The van der Waals surface area contributed by atoms with Crippen LogP contribution in [-0.2, 0) is 9.47 Å². The monoisotopic (exact) mass is 353 g/mol. The van der Waals surface area contributed by atoms with Crippen molar-refractivity contribution >= 4 is 6.09 Å². The van der Waals surface area contributed by atoms with Crippen LogP contribution in [0.2, 0.25) is 0 Å². The summed E-state index contributed by atoms with van der Waals surface area (Å²) in [6, 6.07) is 16.5. The van der Waals surface area contributed by atoms with E-state index in [4.69, 9.17) is 9.47 Å². The molecule has 4 rings (SSSR count). The summed E-state index contributed by atoms with van der Waals surface area (Å²) < 4.78 is 10.9. The van der Waals surface area contributed by atoms with Crippen LogP contribution >= 0.6 is 0 Å². The standard InChI is InChI=1S/C21H23NO4/c1-25-15-10-14(23)11-22(12-15)21(24)26-13-20-18-8-4-2-6-16(18)17-7-3-5-9-19(17)20/h2-9,14-15,20,23H,10-13H2,1H3. The van der Waals surface area contributed by atoms with Crippen LogP contribution in [0.5, 0.6) is 0 Å². The molecule has 1 saturated heterocycles. The van der Waals surface area contributed by atoms with Gasteiger partial charge in [0, 0.05) is 19.4 Å². The summed E-state index contributed by atoms with van der Waals surface area (Å²) in [6.45, 7) is 1.03. The maximum absolute atomic E-state index is 12.5. The molecule has 2 aromatic carbocycles. The van der Waals surface area contributed by atoms with Gasteiger partial charge in [0.1, 0.15) is 6.61 Å². The van der Waals surface area contributed by atoms with E-state index in [0.29, 0.717) is 13.0 Å². The number of aliphatic hydroxyl groups excluding tert-OH is 1. The van der Waals surface area contributed by atoms with Gasteiger partial charge < -0.3 is 19.5 Å². The second kappa shape index (κ2) is 7.09. The maximum atomic E-state index is 12.5. The number of fused-ring (bicyclic) bond motifs is 3. The number of β-amino-alcohol motifs (C(OH)–C–C–N with tert-alkyl or cyclic N) is 1. The van der Waals surface area contributed by atoms with Crippen molar-refractivity contribution < 1.29 is 19.4 Å². The number of nitrogens with zero attached hydrogens (tertiary/aromatic N) is 1. The molecule has 0 saturated carbocycles. The normalized spacial score (nSPS) is 22.0. The fourth-order valence-corrected chi connectivity index (χ4v) is 4.03. The Hall–Kier alpha value is -2.37. The quantitative estimate of drug-likeness (QED) is 0.921. The van der Waals surface area contributed by atoms with E-state index >= 15 is 0 Å². The summed E-state index contributed by atoms with van der Waals surface area (Å²) in [6.07, 6.45) is -0.579. The number of carbonyl (C=O) groups excluding carboxylic acids is 1. The van der Waals surface area contributed by atoms with E-state index in [0.717, 1.165) is 0 Å². The number of rotatable bonds is 3.